The molecule has 7 heteroatoms. The van der Waals surface area contributed by atoms with Gasteiger partial charge in [-0.15, -0.1) is 0 Å². The van der Waals surface area contributed by atoms with Crippen LogP contribution >= 0.6 is 11.8 Å². The Morgan fingerprint density at radius 1 is 1.03 bits per heavy atom. The number of aromatic nitrogens is 3. The van der Waals surface area contributed by atoms with Crippen molar-refractivity contribution in [3.8, 4) is 11.3 Å². The van der Waals surface area contributed by atoms with Crippen molar-refractivity contribution in [3.63, 3.8) is 0 Å². The number of aromatic amines is 2. The number of hydrogen-bond acceptors (Lipinski definition) is 4. The Balaban J connectivity index is 1.56. The van der Waals surface area contributed by atoms with Gasteiger partial charge in [0.1, 0.15) is 0 Å². The maximum Gasteiger partial charge on any atom is 0.273 e. The maximum atomic E-state index is 12.8. The third-order valence-electron chi connectivity index (χ3n) is 6.16. The summed E-state index contributed by atoms with van der Waals surface area (Å²) in [7, 11) is 0. The summed E-state index contributed by atoms with van der Waals surface area (Å²) >= 11 is 1.63. The highest BCUT2D eigenvalue weighted by atomic mass is 32.2. The Kier molecular flexibility index (Phi) is 6.05. The van der Waals surface area contributed by atoms with E-state index < -0.39 is 0 Å². The van der Waals surface area contributed by atoms with Gasteiger partial charge in [0, 0.05) is 39.4 Å². The zero-order chi connectivity index (χ0) is 22.8. The van der Waals surface area contributed by atoms with Gasteiger partial charge >= 0.3 is 0 Å². The molecule has 2 aromatic carbocycles. The molecule has 4 aromatic rings. The summed E-state index contributed by atoms with van der Waals surface area (Å²) in [5, 5.41) is 9.81. The molecule has 3 N–H and O–H groups in total. The lowest BCUT2D eigenvalue weighted by Crippen LogP contribution is -2.09. The molecule has 5 rings (SSSR count). The van der Waals surface area contributed by atoms with Crippen molar-refractivity contribution in [3.05, 3.63) is 70.6 Å². The number of H-pyrrole nitrogens is 2. The molecule has 168 valence electrons. The molecule has 2 aromatic heterocycles. The number of fused-ring (bicyclic) bond motifs is 1. The summed E-state index contributed by atoms with van der Waals surface area (Å²) < 4.78 is 0. The zero-order valence-electron chi connectivity index (χ0n) is 18.5. The number of nitrogens with one attached hydrogen (secondary N) is 3. The minimum Gasteiger partial charge on any atom is -0.326 e. The summed E-state index contributed by atoms with van der Waals surface area (Å²) in [5.41, 5.74) is 3.86. The molecule has 0 spiro atoms. The molecule has 0 aliphatic heterocycles. The molecule has 1 aliphatic carbocycles. The second-order valence-electron chi connectivity index (χ2n) is 8.53. The first-order valence-corrected chi connectivity index (χ1v) is 12.2. The molecule has 1 fully saturated rings. The van der Waals surface area contributed by atoms with E-state index in [-0.39, 0.29) is 11.5 Å². The van der Waals surface area contributed by atoms with Crippen LogP contribution in [0.2, 0.25) is 0 Å². The van der Waals surface area contributed by atoms with E-state index in [0.717, 1.165) is 44.9 Å². The molecular weight excluding hydrogens is 432 g/mol. The number of carbonyl (C=O) groups is 1. The average molecular weight is 459 g/mol. The van der Waals surface area contributed by atoms with Crippen LogP contribution in [0.5, 0.6) is 0 Å². The normalized spacial score (nSPS) is 14.5. The highest BCUT2D eigenvalue weighted by Crippen LogP contribution is 2.39. The van der Waals surface area contributed by atoms with Crippen molar-refractivity contribution >= 4 is 34.3 Å². The third kappa shape index (κ3) is 4.59. The van der Waals surface area contributed by atoms with Crippen LogP contribution in [-0.2, 0) is 4.79 Å². The molecular formula is C26H26N4O2S. The van der Waals surface area contributed by atoms with Crippen LogP contribution < -0.4 is 10.9 Å². The van der Waals surface area contributed by atoms with E-state index in [1.54, 1.807) is 11.8 Å². The Labute approximate surface area is 196 Å². The van der Waals surface area contributed by atoms with Gasteiger partial charge in [-0.2, -0.15) is 0 Å². The first-order valence-electron chi connectivity index (χ1n) is 11.3. The van der Waals surface area contributed by atoms with Crippen LogP contribution in [0.4, 0.5) is 5.69 Å². The number of nitrogens with zero attached hydrogens (tertiary/aromatic N) is 1. The van der Waals surface area contributed by atoms with E-state index in [9.17, 15) is 9.59 Å². The lowest BCUT2D eigenvalue weighted by Gasteiger charge is -2.21. The van der Waals surface area contributed by atoms with Crippen LogP contribution in [0.3, 0.4) is 0 Å². The minimum atomic E-state index is -0.117. The van der Waals surface area contributed by atoms with Gasteiger partial charge in [-0.3, -0.25) is 14.7 Å². The molecule has 6 nitrogen and oxygen atoms in total. The number of amides is 1. The fourth-order valence-electron chi connectivity index (χ4n) is 4.62. The van der Waals surface area contributed by atoms with E-state index >= 15 is 0 Å². The summed E-state index contributed by atoms with van der Waals surface area (Å²) in [6, 6.07) is 17.8. The Morgan fingerprint density at radius 2 is 1.79 bits per heavy atom. The van der Waals surface area contributed by atoms with Crippen LogP contribution in [-0.4, -0.2) is 21.1 Å². The monoisotopic (exact) mass is 458 g/mol. The third-order valence-corrected chi connectivity index (χ3v) is 7.22. The molecule has 0 saturated heterocycles. The van der Waals surface area contributed by atoms with Gasteiger partial charge in [-0.1, -0.05) is 49.2 Å². The van der Waals surface area contributed by atoms with Gasteiger partial charge in [-0.25, -0.2) is 4.98 Å². The number of carbonyl (C=O) groups excluding carboxylic acids is 1. The van der Waals surface area contributed by atoms with E-state index in [0.29, 0.717) is 17.2 Å². The molecule has 1 saturated carbocycles. The number of rotatable bonds is 5. The summed E-state index contributed by atoms with van der Waals surface area (Å²) in [6.07, 6.45) is 5.83. The largest absolute Gasteiger partial charge is 0.326 e. The molecule has 1 amide bonds. The fraction of sp³-hybridized carbons (Fsp3) is 0.269. The smallest absolute Gasteiger partial charge is 0.273 e. The minimum absolute atomic E-state index is 0.0920. The topological polar surface area (TPSA) is 90.6 Å². The number of anilines is 1. The number of para-hydroxylation sites is 1. The van der Waals surface area contributed by atoms with Crippen LogP contribution in [0.1, 0.15) is 50.6 Å². The molecule has 1 aliphatic rings. The van der Waals surface area contributed by atoms with Gasteiger partial charge in [0.2, 0.25) is 5.91 Å². The highest BCUT2D eigenvalue weighted by molar-refractivity contribution is 7.99. The SMILES string of the molecule is CC(=O)Nc1ccc(Sc2cc(-c3c(C4CCCCC4)[nH][nH]c3=O)nc3ccccc23)cc1. The molecule has 33 heavy (non-hydrogen) atoms. The van der Waals surface area contributed by atoms with Crippen molar-refractivity contribution < 1.29 is 4.79 Å². The van der Waals surface area contributed by atoms with E-state index in [1.807, 2.05) is 48.5 Å². The Hall–Kier alpha value is -3.32. The van der Waals surface area contributed by atoms with Gasteiger partial charge in [0.25, 0.3) is 5.56 Å². The van der Waals surface area contributed by atoms with Crippen molar-refractivity contribution in [2.45, 2.75) is 54.7 Å². The highest BCUT2D eigenvalue weighted by Gasteiger charge is 2.24. The number of pyridine rings is 1. The van der Waals surface area contributed by atoms with Crippen molar-refractivity contribution in [1.29, 1.82) is 0 Å². The van der Waals surface area contributed by atoms with Gasteiger partial charge < -0.3 is 10.4 Å². The summed E-state index contributed by atoms with van der Waals surface area (Å²) in [5.74, 6) is 0.268. The lowest BCUT2D eigenvalue weighted by molar-refractivity contribution is -0.114. The number of benzene rings is 2. The molecule has 0 radical (unpaired) electrons. The molecule has 2 heterocycles. The quantitative estimate of drug-likeness (QED) is 0.338. The molecule has 0 bridgehead atoms. The van der Waals surface area contributed by atoms with Gasteiger partial charge in [-0.05, 0) is 49.2 Å². The Morgan fingerprint density at radius 3 is 2.55 bits per heavy atom. The second-order valence-corrected chi connectivity index (χ2v) is 9.65. The summed E-state index contributed by atoms with van der Waals surface area (Å²) in [4.78, 5) is 31.1. The average Bonchev–Trinajstić information content (AvgIpc) is 3.22. The van der Waals surface area contributed by atoms with E-state index in [2.05, 4.69) is 21.6 Å². The first kappa shape index (κ1) is 21.5. The van der Waals surface area contributed by atoms with Crippen LogP contribution in [0.25, 0.3) is 22.2 Å². The predicted molar refractivity (Wildman–Crippen MR) is 133 cm³/mol. The molecule has 0 atom stereocenters. The van der Waals surface area contributed by atoms with E-state index in [1.165, 1.54) is 26.2 Å². The van der Waals surface area contributed by atoms with Crippen molar-refractivity contribution in [1.82, 2.24) is 15.2 Å². The lowest BCUT2D eigenvalue weighted by atomic mass is 9.85. The first-order chi connectivity index (χ1) is 16.1. The van der Waals surface area contributed by atoms with Gasteiger partial charge in [0.05, 0.1) is 16.8 Å². The standard InChI is InChI=1S/C26H26N4O2S/c1-16(31)27-18-11-13-19(14-12-18)33-23-15-22(28-21-10-6-5-9-20(21)23)24-25(29-30-26(24)32)17-7-3-2-4-8-17/h5-6,9-15,17H,2-4,7-8H2,1H3,(H,27,31)(H2,29,30,32). The van der Waals surface area contributed by atoms with Crippen molar-refractivity contribution in [2.75, 3.05) is 5.32 Å². The Bertz CT molecular complexity index is 1350. The number of hydrogen-bond donors (Lipinski definition) is 3. The fourth-order valence-corrected chi connectivity index (χ4v) is 5.59. The second kappa shape index (κ2) is 9.27. The van der Waals surface area contributed by atoms with Gasteiger partial charge in [0.15, 0.2) is 0 Å². The van der Waals surface area contributed by atoms with Crippen LogP contribution in [0, 0.1) is 0 Å². The zero-order valence-corrected chi connectivity index (χ0v) is 19.3. The van der Waals surface area contributed by atoms with E-state index in [4.69, 9.17) is 4.98 Å². The summed E-state index contributed by atoms with van der Waals surface area (Å²) in [6.45, 7) is 1.50. The predicted octanol–water partition coefficient (Wildman–Crippen LogP) is 6.08. The van der Waals surface area contributed by atoms with Crippen molar-refractivity contribution in [2.24, 2.45) is 0 Å². The van der Waals surface area contributed by atoms with Crippen LogP contribution in [0.15, 0.2) is 69.2 Å². The molecule has 0 unspecified atom stereocenters. The maximum absolute atomic E-state index is 12.8.